The van der Waals surface area contributed by atoms with Gasteiger partial charge in [-0.1, -0.05) is 139 Å². The van der Waals surface area contributed by atoms with Crippen molar-refractivity contribution in [2.24, 2.45) is 0 Å². The highest BCUT2D eigenvalue weighted by Gasteiger charge is 2.20. The zero-order valence-electron chi connectivity index (χ0n) is 26.6. The molecule has 10 rings (SSSR count). The first-order chi connectivity index (χ1) is 24.7. The molecule has 50 heavy (non-hydrogen) atoms. The molecule has 0 bridgehead atoms. The number of benzene rings is 8. The van der Waals surface area contributed by atoms with E-state index in [9.17, 15) is 0 Å². The third-order valence-corrected chi connectivity index (χ3v) is 9.81. The second-order valence-corrected chi connectivity index (χ2v) is 13.0. The molecular weight excluding hydrogens is 634 g/mol. The van der Waals surface area contributed by atoms with Gasteiger partial charge in [-0.3, -0.25) is 0 Å². The molecule has 8 aromatic carbocycles. The zero-order valence-corrected chi connectivity index (χ0v) is 27.4. The predicted octanol–water partition coefficient (Wildman–Crippen LogP) is 12.6. The molecule has 0 saturated heterocycles. The first-order valence-electron chi connectivity index (χ1n) is 16.5. The number of hydrogen-bond donors (Lipinski definition) is 0. The molecule has 0 aliphatic carbocycles. The van der Waals surface area contributed by atoms with Crippen LogP contribution in [0.2, 0.25) is 5.02 Å². The summed E-state index contributed by atoms with van der Waals surface area (Å²) < 4.78 is 6.44. The Labute approximate surface area is 292 Å². The van der Waals surface area contributed by atoms with Gasteiger partial charge < -0.3 is 4.42 Å². The van der Waals surface area contributed by atoms with Gasteiger partial charge in [0.25, 0.3) is 0 Å². The highest BCUT2D eigenvalue weighted by atomic mass is 35.5. The van der Waals surface area contributed by atoms with Gasteiger partial charge in [0.2, 0.25) is 0 Å². The van der Waals surface area contributed by atoms with E-state index in [1.165, 1.54) is 5.39 Å². The molecule has 0 fully saturated rings. The van der Waals surface area contributed by atoms with E-state index >= 15 is 0 Å². The van der Waals surface area contributed by atoms with Gasteiger partial charge in [0.1, 0.15) is 11.2 Å². The Morgan fingerprint density at radius 1 is 0.380 bits per heavy atom. The van der Waals surface area contributed by atoms with Gasteiger partial charge in [-0.25, -0.2) is 15.0 Å². The summed E-state index contributed by atoms with van der Waals surface area (Å²) >= 11 is 6.55. The Bertz CT molecular complexity index is 2930. The quantitative estimate of drug-likeness (QED) is 0.176. The Hall–Kier alpha value is -6.36. The van der Waals surface area contributed by atoms with Crippen LogP contribution in [-0.4, -0.2) is 15.0 Å². The summed E-state index contributed by atoms with van der Waals surface area (Å²) in [6.45, 7) is 0. The van der Waals surface area contributed by atoms with Gasteiger partial charge in [0.15, 0.2) is 17.5 Å². The van der Waals surface area contributed by atoms with E-state index < -0.39 is 0 Å². The summed E-state index contributed by atoms with van der Waals surface area (Å²) in [7, 11) is 0. The van der Waals surface area contributed by atoms with Gasteiger partial charge in [-0.05, 0) is 73.8 Å². The minimum absolute atomic E-state index is 0.571. The van der Waals surface area contributed by atoms with Crippen molar-refractivity contribution in [3.63, 3.8) is 0 Å². The summed E-state index contributed by atoms with van der Waals surface area (Å²) in [4.78, 5) is 15.6. The molecule has 0 aliphatic rings. The highest BCUT2D eigenvalue weighted by Crippen LogP contribution is 2.41. The number of rotatable bonds is 4. The molecule has 0 aliphatic heterocycles. The number of halogens is 1. The molecule has 0 unspecified atom stereocenters. The fourth-order valence-corrected chi connectivity index (χ4v) is 7.39. The maximum absolute atomic E-state index is 6.55. The van der Waals surface area contributed by atoms with Crippen LogP contribution in [0.25, 0.3) is 99.5 Å². The van der Waals surface area contributed by atoms with Crippen molar-refractivity contribution in [3.05, 3.63) is 163 Å². The van der Waals surface area contributed by atoms with Crippen molar-refractivity contribution in [2.75, 3.05) is 0 Å². The Morgan fingerprint density at radius 2 is 1.02 bits per heavy atom. The first-order valence-corrected chi connectivity index (χ1v) is 16.9. The fraction of sp³-hybridized carbons (Fsp3) is 0. The third kappa shape index (κ3) is 4.65. The summed E-state index contributed by atoms with van der Waals surface area (Å²) in [5.74, 6) is 1.78. The van der Waals surface area contributed by atoms with E-state index in [1.807, 2.05) is 42.5 Å². The lowest BCUT2D eigenvalue weighted by Crippen LogP contribution is -2.01. The summed E-state index contributed by atoms with van der Waals surface area (Å²) in [5.41, 5.74) is 6.55. The molecule has 2 aromatic heterocycles. The van der Waals surface area contributed by atoms with Crippen LogP contribution in [0.4, 0.5) is 0 Å². The van der Waals surface area contributed by atoms with Gasteiger partial charge in [0, 0.05) is 32.5 Å². The number of nitrogens with zero attached hydrogens (tertiary/aromatic N) is 3. The molecule has 0 saturated carbocycles. The maximum Gasteiger partial charge on any atom is 0.164 e. The average Bonchev–Trinajstić information content (AvgIpc) is 3.57. The topological polar surface area (TPSA) is 51.8 Å². The van der Waals surface area contributed by atoms with Gasteiger partial charge in [-0.15, -0.1) is 0 Å². The Kier molecular flexibility index (Phi) is 6.51. The van der Waals surface area contributed by atoms with E-state index in [0.29, 0.717) is 22.5 Å². The number of fused-ring (bicyclic) bond motifs is 8. The number of hydrogen-bond acceptors (Lipinski definition) is 4. The minimum Gasteiger partial charge on any atom is -0.456 e. The SMILES string of the molecule is Clc1ccc2ccc3oc4cccc(-c5nc(-c6ccc(-c7ccccc7)cc6)nc(-c6cc7ccccc7c7ccccc67)n5)c4c3c2c1. The van der Waals surface area contributed by atoms with E-state index in [0.717, 1.165) is 76.7 Å². The number of furan rings is 1. The standard InChI is InChI=1S/C45H26ClN3O/c46-32-23-21-29-22-24-40-42(37(29)26-32)41-36(15-8-16-39(41)50-40)44-47-43(30-19-17-28(18-20-30)27-9-2-1-3-10-27)48-45(49-44)38-25-31-11-4-5-12-33(31)34-13-6-7-14-35(34)38/h1-26H. The average molecular weight is 660 g/mol. The van der Waals surface area contributed by atoms with Crippen LogP contribution in [0.3, 0.4) is 0 Å². The van der Waals surface area contributed by atoms with E-state index in [1.54, 1.807) is 0 Å². The highest BCUT2D eigenvalue weighted by molar-refractivity contribution is 6.32. The molecule has 4 nitrogen and oxygen atoms in total. The number of aromatic nitrogens is 3. The zero-order chi connectivity index (χ0) is 33.2. The molecule has 0 N–H and O–H groups in total. The normalized spacial score (nSPS) is 11.7. The van der Waals surface area contributed by atoms with Crippen molar-refractivity contribution >= 4 is 65.9 Å². The molecule has 10 aromatic rings. The molecule has 234 valence electrons. The third-order valence-electron chi connectivity index (χ3n) is 9.58. The van der Waals surface area contributed by atoms with Crippen LogP contribution in [0.5, 0.6) is 0 Å². The Morgan fingerprint density at radius 3 is 1.86 bits per heavy atom. The van der Waals surface area contributed by atoms with Crippen LogP contribution >= 0.6 is 11.6 Å². The largest absolute Gasteiger partial charge is 0.456 e. The molecule has 0 amide bonds. The minimum atomic E-state index is 0.571. The maximum atomic E-state index is 6.55. The van der Waals surface area contributed by atoms with Gasteiger partial charge in [0.05, 0.1) is 0 Å². The first kappa shape index (κ1) is 28.6. The lowest BCUT2D eigenvalue weighted by atomic mass is 9.96. The summed E-state index contributed by atoms with van der Waals surface area (Å²) in [6, 6.07) is 54.1. The molecule has 2 heterocycles. The van der Waals surface area contributed by atoms with E-state index in [2.05, 4.69) is 115 Å². The van der Waals surface area contributed by atoms with Crippen LogP contribution in [-0.2, 0) is 0 Å². The molecule has 5 heteroatoms. The van der Waals surface area contributed by atoms with Crippen molar-refractivity contribution in [3.8, 4) is 45.3 Å². The summed E-state index contributed by atoms with van der Waals surface area (Å²) in [6.07, 6.45) is 0. The second-order valence-electron chi connectivity index (χ2n) is 12.5. The van der Waals surface area contributed by atoms with Crippen LogP contribution in [0.15, 0.2) is 162 Å². The lowest BCUT2D eigenvalue weighted by Gasteiger charge is -2.13. The van der Waals surface area contributed by atoms with Gasteiger partial charge in [-0.2, -0.15) is 0 Å². The summed E-state index contributed by atoms with van der Waals surface area (Å²) in [5, 5.41) is 9.27. The Balaban J connectivity index is 1.26. The van der Waals surface area contributed by atoms with Gasteiger partial charge >= 0.3 is 0 Å². The van der Waals surface area contributed by atoms with Crippen molar-refractivity contribution in [2.45, 2.75) is 0 Å². The van der Waals surface area contributed by atoms with Crippen molar-refractivity contribution < 1.29 is 4.42 Å². The lowest BCUT2D eigenvalue weighted by molar-refractivity contribution is 0.669. The fourth-order valence-electron chi connectivity index (χ4n) is 7.22. The van der Waals surface area contributed by atoms with Crippen LogP contribution in [0, 0.1) is 0 Å². The second kappa shape index (κ2) is 11.4. The molecule has 0 atom stereocenters. The molecule has 0 radical (unpaired) electrons. The van der Waals surface area contributed by atoms with Crippen LogP contribution in [0.1, 0.15) is 0 Å². The monoisotopic (exact) mass is 659 g/mol. The van der Waals surface area contributed by atoms with Crippen molar-refractivity contribution in [1.82, 2.24) is 15.0 Å². The van der Waals surface area contributed by atoms with Crippen molar-refractivity contribution in [1.29, 1.82) is 0 Å². The molecular formula is C45H26ClN3O. The van der Waals surface area contributed by atoms with Crippen LogP contribution < -0.4 is 0 Å². The van der Waals surface area contributed by atoms with E-state index in [-0.39, 0.29) is 0 Å². The smallest absolute Gasteiger partial charge is 0.164 e. The van der Waals surface area contributed by atoms with E-state index in [4.69, 9.17) is 31.0 Å². The molecule has 0 spiro atoms. The predicted molar refractivity (Wildman–Crippen MR) is 206 cm³/mol.